The monoisotopic (exact) mass is 501 g/mol. The van der Waals surface area contributed by atoms with Crippen molar-refractivity contribution in [1.29, 1.82) is 0 Å². The number of phenols is 1. The maximum atomic E-state index is 13.9. The lowest BCUT2D eigenvalue weighted by Gasteiger charge is -2.42. The van der Waals surface area contributed by atoms with Crippen LogP contribution in [0, 0.1) is 17.8 Å². The Balaban J connectivity index is 1.47. The molecule has 1 aromatic rings. The van der Waals surface area contributed by atoms with E-state index in [9.17, 15) is 24.3 Å². The Morgan fingerprint density at radius 3 is 2.46 bits per heavy atom. The van der Waals surface area contributed by atoms with Gasteiger partial charge in [0.1, 0.15) is 11.5 Å². The van der Waals surface area contributed by atoms with E-state index in [0.29, 0.717) is 34.5 Å². The zero-order chi connectivity index (χ0) is 26.0. The molecule has 2 amide bonds. The first-order chi connectivity index (χ1) is 17.8. The van der Waals surface area contributed by atoms with Crippen molar-refractivity contribution >= 4 is 23.4 Å². The molecule has 1 saturated carbocycles. The Morgan fingerprint density at radius 2 is 1.76 bits per heavy atom. The summed E-state index contributed by atoms with van der Waals surface area (Å²) in [7, 11) is 1.51. The summed E-state index contributed by atoms with van der Waals surface area (Å²) in [6.45, 7) is 1.63. The fraction of sp³-hybridized carbons (Fsp3) is 0.467. The van der Waals surface area contributed by atoms with Gasteiger partial charge in [-0.1, -0.05) is 37.0 Å². The molecule has 1 aromatic carbocycles. The van der Waals surface area contributed by atoms with Crippen LogP contribution in [0.4, 0.5) is 0 Å². The summed E-state index contributed by atoms with van der Waals surface area (Å²) in [6, 6.07) is 4.88. The molecule has 0 bridgehead atoms. The number of nitrogens with zero attached hydrogens (tertiary/aromatic N) is 1. The fourth-order valence-electron chi connectivity index (χ4n) is 7.36. The Kier molecular flexibility index (Phi) is 5.70. The number of phenolic OH excluding ortho intramolecular Hbond substituents is 1. The van der Waals surface area contributed by atoms with Crippen molar-refractivity contribution in [3.8, 4) is 11.5 Å². The van der Waals surface area contributed by atoms with Crippen LogP contribution in [0.3, 0.4) is 0 Å². The van der Waals surface area contributed by atoms with Crippen LogP contribution in [0.5, 0.6) is 11.5 Å². The molecule has 5 aliphatic rings. The number of hydrogen-bond donors (Lipinski definition) is 1. The van der Waals surface area contributed by atoms with Crippen molar-refractivity contribution < 1.29 is 29.0 Å². The van der Waals surface area contributed by atoms with Crippen molar-refractivity contribution in [3.05, 3.63) is 58.2 Å². The quantitative estimate of drug-likeness (QED) is 0.379. The summed E-state index contributed by atoms with van der Waals surface area (Å²) in [5, 5.41) is 11.0. The molecule has 4 unspecified atom stereocenters. The first kappa shape index (κ1) is 23.9. The van der Waals surface area contributed by atoms with Crippen LogP contribution < -0.4 is 4.74 Å². The summed E-state index contributed by atoms with van der Waals surface area (Å²) >= 11 is 0. The van der Waals surface area contributed by atoms with E-state index in [-0.39, 0.29) is 47.5 Å². The van der Waals surface area contributed by atoms with E-state index < -0.39 is 17.8 Å². The third kappa shape index (κ3) is 3.54. The number of carbonyl (C=O) groups is 4. The van der Waals surface area contributed by atoms with E-state index >= 15 is 0 Å². The fourth-order valence-corrected chi connectivity index (χ4v) is 7.36. The summed E-state index contributed by atoms with van der Waals surface area (Å²) in [5.41, 5.74) is 2.50. The zero-order valence-corrected chi connectivity index (χ0v) is 21.2. The molecule has 7 heteroatoms. The Morgan fingerprint density at radius 1 is 1.00 bits per heavy atom. The second-order valence-electron chi connectivity index (χ2n) is 11.0. The third-order valence-electron chi connectivity index (χ3n) is 9.08. The lowest BCUT2D eigenvalue weighted by Crippen LogP contribution is -2.43. The molecule has 37 heavy (non-hydrogen) atoms. The van der Waals surface area contributed by atoms with E-state index in [0.717, 1.165) is 37.7 Å². The summed E-state index contributed by atoms with van der Waals surface area (Å²) in [6.07, 6.45) is 8.87. The maximum Gasteiger partial charge on any atom is 0.233 e. The molecule has 192 valence electrons. The van der Waals surface area contributed by atoms with E-state index in [1.807, 2.05) is 6.08 Å². The minimum atomic E-state index is -0.659. The SMILES string of the molecule is COc1ccc(C2C3=CCC4C(=O)N(C5CCCCC5)C(=O)C4C3CC3=C2C(=O)C=C(C)C3=O)c(O)c1. The van der Waals surface area contributed by atoms with Gasteiger partial charge in [0.05, 0.1) is 18.9 Å². The Bertz CT molecular complexity index is 1330. The van der Waals surface area contributed by atoms with Gasteiger partial charge in [0.2, 0.25) is 11.8 Å². The largest absolute Gasteiger partial charge is 0.507 e. The lowest BCUT2D eigenvalue weighted by atomic mass is 9.59. The van der Waals surface area contributed by atoms with Crippen molar-refractivity contribution in [2.45, 2.75) is 63.8 Å². The molecular formula is C30H31NO6. The molecule has 0 spiro atoms. The molecule has 0 radical (unpaired) electrons. The minimum absolute atomic E-state index is 0.0379. The van der Waals surface area contributed by atoms with Gasteiger partial charge < -0.3 is 9.84 Å². The van der Waals surface area contributed by atoms with Gasteiger partial charge in [0.25, 0.3) is 0 Å². The van der Waals surface area contributed by atoms with Gasteiger partial charge in [0.15, 0.2) is 11.6 Å². The molecule has 6 rings (SSSR count). The number of amides is 2. The van der Waals surface area contributed by atoms with Crippen LogP contribution in [0.25, 0.3) is 0 Å². The van der Waals surface area contributed by atoms with Crippen LogP contribution in [-0.2, 0) is 19.2 Å². The molecule has 1 heterocycles. The minimum Gasteiger partial charge on any atom is -0.507 e. The van der Waals surface area contributed by atoms with Gasteiger partial charge in [-0.2, -0.15) is 0 Å². The number of rotatable bonds is 3. The number of ketones is 2. The Hall–Kier alpha value is -3.48. The highest BCUT2D eigenvalue weighted by molar-refractivity contribution is 6.23. The highest BCUT2D eigenvalue weighted by atomic mass is 16.5. The number of benzene rings is 1. The molecule has 1 aliphatic heterocycles. The smallest absolute Gasteiger partial charge is 0.233 e. The highest BCUT2D eigenvalue weighted by Crippen LogP contribution is 2.56. The van der Waals surface area contributed by atoms with Crippen LogP contribution in [0.15, 0.2) is 52.6 Å². The average Bonchev–Trinajstić information content (AvgIpc) is 3.16. The van der Waals surface area contributed by atoms with Crippen molar-refractivity contribution in [2.75, 3.05) is 7.11 Å². The van der Waals surface area contributed by atoms with Gasteiger partial charge >= 0.3 is 0 Å². The van der Waals surface area contributed by atoms with Crippen LogP contribution in [-0.4, -0.2) is 46.5 Å². The van der Waals surface area contributed by atoms with Gasteiger partial charge in [-0.05, 0) is 50.7 Å². The first-order valence-electron chi connectivity index (χ1n) is 13.3. The Labute approximate surface area is 215 Å². The number of imide groups is 1. The number of allylic oxidation sites excluding steroid dienone is 6. The van der Waals surface area contributed by atoms with Gasteiger partial charge in [0, 0.05) is 40.3 Å². The number of methoxy groups -OCH3 is 1. The number of ether oxygens (including phenoxy) is 1. The number of likely N-dealkylation sites (tertiary alicyclic amines) is 1. The van der Waals surface area contributed by atoms with Crippen LogP contribution >= 0.6 is 0 Å². The molecule has 4 aliphatic carbocycles. The van der Waals surface area contributed by atoms with E-state index in [1.165, 1.54) is 24.2 Å². The van der Waals surface area contributed by atoms with E-state index in [2.05, 4.69) is 0 Å². The van der Waals surface area contributed by atoms with Crippen molar-refractivity contribution in [3.63, 3.8) is 0 Å². The molecule has 7 nitrogen and oxygen atoms in total. The number of hydrogen-bond acceptors (Lipinski definition) is 6. The second-order valence-corrected chi connectivity index (χ2v) is 11.0. The third-order valence-corrected chi connectivity index (χ3v) is 9.08. The van der Waals surface area contributed by atoms with Crippen LogP contribution in [0.1, 0.15) is 63.4 Å². The summed E-state index contributed by atoms with van der Waals surface area (Å²) in [4.78, 5) is 55.6. The predicted octanol–water partition coefficient (Wildman–Crippen LogP) is 4.16. The number of fused-ring (bicyclic) bond motifs is 3. The van der Waals surface area contributed by atoms with Gasteiger partial charge in [-0.3, -0.25) is 24.1 Å². The number of Topliss-reactive ketones (excluding diaryl/α,β-unsaturated/α-hetero) is 1. The standard InChI is InChI=1S/C30H31NO6/c1-15-12-24(33)27-22(28(15)34)14-21-18(25(27)19-9-8-17(37-2)13-23(19)32)10-11-20-26(21)30(36)31(29(20)35)16-6-4-3-5-7-16/h8-10,12-13,16,20-21,25-26,32H,3-7,11,14H2,1-2H3. The second kappa shape index (κ2) is 8.82. The molecule has 1 N–H and O–H groups in total. The molecule has 0 aromatic heterocycles. The normalized spacial score (nSPS) is 30.1. The van der Waals surface area contributed by atoms with Crippen molar-refractivity contribution in [2.24, 2.45) is 17.8 Å². The summed E-state index contributed by atoms with van der Waals surface area (Å²) < 4.78 is 5.25. The average molecular weight is 502 g/mol. The van der Waals surface area contributed by atoms with Gasteiger partial charge in [-0.25, -0.2) is 0 Å². The lowest BCUT2D eigenvalue weighted by molar-refractivity contribution is -0.143. The number of carbonyl (C=O) groups excluding carboxylic acids is 4. The summed E-state index contributed by atoms with van der Waals surface area (Å²) in [5.74, 6) is -2.28. The topological polar surface area (TPSA) is 101 Å². The zero-order valence-electron chi connectivity index (χ0n) is 21.2. The van der Waals surface area contributed by atoms with E-state index in [4.69, 9.17) is 4.74 Å². The van der Waals surface area contributed by atoms with Gasteiger partial charge in [-0.15, -0.1) is 0 Å². The molecule has 1 saturated heterocycles. The predicted molar refractivity (Wildman–Crippen MR) is 135 cm³/mol. The molecule has 4 atom stereocenters. The van der Waals surface area contributed by atoms with E-state index in [1.54, 1.807) is 19.1 Å². The maximum absolute atomic E-state index is 13.9. The first-order valence-corrected chi connectivity index (χ1v) is 13.3. The van der Waals surface area contributed by atoms with Crippen molar-refractivity contribution in [1.82, 2.24) is 4.90 Å². The highest BCUT2D eigenvalue weighted by Gasteiger charge is 2.57. The van der Waals surface area contributed by atoms with Crippen LogP contribution in [0.2, 0.25) is 0 Å². The molecule has 2 fully saturated rings. The molecular weight excluding hydrogens is 470 g/mol. The number of aromatic hydroxyl groups is 1.